The Balaban J connectivity index is 1.87. The molecule has 1 aromatic rings. The molecule has 1 aromatic carbocycles. The van der Waals surface area contributed by atoms with E-state index in [1.807, 2.05) is 6.92 Å². The lowest BCUT2D eigenvalue weighted by molar-refractivity contribution is -0.775. The zero-order valence-electron chi connectivity index (χ0n) is 14.5. The van der Waals surface area contributed by atoms with E-state index < -0.39 is 22.2 Å². The number of phenolic OH excluding ortho intramolecular Hbond substituents is 1. The van der Waals surface area contributed by atoms with Crippen LogP contribution in [0.25, 0.3) is 0 Å². The van der Waals surface area contributed by atoms with Gasteiger partial charge in [-0.2, -0.15) is 0 Å². The van der Waals surface area contributed by atoms with Crippen molar-refractivity contribution in [1.82, 2.24) is 0 Å². The average Bonchev–Trinajstić information content (AvgIpc) is 2.90. The molecule has 2 saturated carbocycles. The van der Waals surface area contributed by atoms with Gasteiger partial charge in [-0.15, -0.1) is 10.1 Å². The van der Waals surface area contributed by atoms with Gasteiger partial charge in [-0.1, -0.05) is 18.1 Å². The highest BCUT2D eigenvalue weighted by Gasteiger charge is 2.64. The van der Waals surface area contributed by atoms with Crippen LogP contribution in [0.3, 0.4) is 0 Å². The Morgan fingerprint density at radius 3 is 2.73 bits per heavy atom. The Morgan fingerprint density at radius 1 is 1.31 bits per heavy atom. The fourth-order valence-electron chi connectivity index (χ4n) is 5.78. The van der Waals surface area contributed by atoms with E-state index in [4.69, 9.17) is 4.84 Å². The van der Waals surface area contributed by atoms with Gasteiger partial charge in [0.1, 0.15) is 17.5 Å². The van der Waals surface area contributed by atoms with Crippen LogP contribution in [0.5, 0.6) is 5.75 Å². The van der Waals surface area contributed by atoms with Crippen LogP contribution in [0.2, 0.25) is 0 Å². The third kappa shape index (κ3) is 2.14. The first-order chi connectivity index (χ1) is 12.3. The Hall–Kier alpha value is -2.35. The van der Waals surface area contributed by atoms with Gasteiger partial charge in [0, 0.05) is 5.41 Å². The molecule has 26 heavy (non-hydrogen) atoms. The molecule has 5 atom stereocenters. The van der Waals surface area contributed by atoms with Crippen LogP contribution in [-0.4, -0.2) is 32.3 Å². The van der Waals surface area contributed by atoms with Gasteiger partial charge in [0.2, 0.25) is 0 Å². The van der Waals surface area contributed by atoms with Crippen LogP contribution >= 0.6 is 0 Å². The summed E-state index contributed by atoms with van der Waals surface area (Å²) in [5.41, 5.74) is -0.0457. The molecule has 0 bridgehead atoms. The molecule has 8 heteroatoms. The maximum absolute atomic E-state index is 11.7. The van der Waals surface area contributed by atoms with Gasteiger partial charge in [-0.3, -0.25) is 0 Å². The Labute approximate surface area is 150 Å². The molecule has 0 spiro atoms. The summed E-state index contributed by atoms with van der Waals surface area (Å²) in [7, 11) is 0. The van der Waals surface area contributed by atoms with Crippen LogP contribution in [0, 0.1) is 27.4 Å². The van der Waals surface area contributed by atoms with Crippen molar-refractivity contribution in [1.29, 1.82) is 0 Å². The molecule has 8 nitrogen and oxygen atoms in total. The lowest BCUT2D eigenvalue weighted by atomic mass is 9.52. The largest absolute Gasteiger partial charge is 0.508 e. The topological polar surface area (TPSA) is 125 Å². The summed E-state index contributed by atoms with van der Waals surface area (Å²) >= 11 is 0. The van der Waals surface area contributed by atoms with E-state index >= 15 is 0 Å². The summed E-state index contributed by atoms with van der Waals surface area (Å²) in [6, 6.07) is 4.74. The number of phenols is 1. The minimum absolute atomic E-state index is 0.0481. The maximum Gasteiger partial charge on any atom is 0.294 e. The molecule has 3 aliphatic carbocycles. The first-order valence-electron chi connectivity index (χ1n) is 8.88. The highest BCUT2D eigenvalue weighted by atomic mass is 17.0. The number of aryl methyl sites for hydroxylation is 1. The smallest absolute Gasteiger partial charge is 0.294 e. The summed E-state index contributed by atoms with van der Waals surface area (Å²) in [5.74, 6) is -0.0943. The van der Waals surface area contributed by atoms with Gasteiger partial charge in [0.25, 0.3) is 5.09 Å². The zero-order valence-corrected chi connectivity index (χ0v) is 14.5. The Kier molecular flexibility index (Phi) is 3.66. The number of hydrogen-bond acceptors (Lipinski definition) is 7. The van der Waals surface area contributed by atoms with Gasteiger partial charge in [-0.25, -0.2) is 0 Å². The van der Waals surface area contributed by atoms with Crippen LogP contribution in [0.4, 0.5) is 0 Å². The Morgan fingerprint density at radius 2 is 2.04 bits per heavy atom. The van der Waals surface area contributed by atoms with Gasteiger partial charge >= 0.3 is 0 Å². The van der Waals surface area contributed by atoms with E-state index in [0.717, 1.165) is 12.0 Å². The fraction of sp³-hybridized carbons (Fsp3) is 0.611. The van der Waals surface area contributed by atoms with E-state index in [1.54, 1.807) is 12.1 Å². The lowest BCUT2D eigenvalue weighted by Gasteiger charge is -2.56. The monoisotopic (exact) mass is 362 g/mol. The highest BCUT2D eigenvalue weighted by molar-refractivity contribution is 5.92. The normalized spacial score (nSPS) is 39.8. The highest BCUT2D eigenvalue weighted by Crippen LogP contribution is 2.62. The van der Waals surface area contributed by atoms with E-state index in [0.29, 0.717) is 30.5 Å². The van der Waals surface area contributed by atoms with Gasteiger partial charge in [0.05, 0.1) is 5.71 Å². The number of aliphatic hydroxyl groups is 1. The molecular weight excluding hydrogens is 340 g/mol. The molecule has 3 aliphatic rings. The summed E-state index contributed by atoms with van der Waals surface area (Å²) < 4.78 is 0. The summed E-state index contributed by atoms with van der Waals surface area (Å²) in [6.07, 6.45) is 1.80. The number of aromatic hydroxyl groups is 1. The van der Waals surface area contributed by atoms with Crippen molar-refractivity contribution in [3.63, 3.8) is 0 Å². The molecule has 140 valence electrons. The van der Waals surface area contributed by atoms with Gasteiger partial charge < -0.3 is 20.3 Å². The molecule has 0 amide bonds. The van der Waals surface area contributed by atoms with Crippen molar-refractivity contribution in [3.8, 4) is 5.75 Å². The second-order valence-corrected chi connectivity index (χ2v) is 7.94. The predicted octanol–water partition coefficient (Wildman–Crippen LogP) is 2.37. The quantitative estimate of drug-likeness (QED) is 0.421. The molecule has 3 N–H and O–H groups in total. The number of benzene rings is 1. The van der Waals surface area contributed by atoms with Crippen molar-refractivity contribution in [2.45, 2.75) is 50.7 Å². The van der Waals surface area contributed by atoms with Gasteiger partial charge in [-0.05, 0) is 67.2 Å². The van der Waals surface area contributed by atoms with Crippen LogP contribution in [0.15, 0.2) is 23.4 Å². The molecule has 0 aromatic heterocycles. The molecule has 1 unspecified atom stereocenters. The number of oxime groups is 1. The SMILES string of the molecule is C[C@]12C[C@H](O[N+](=O)[O-])C3(O)c4ccc(O)cc4CC[C@H]3[C@@H]1CC/C2=N/O. The molecular formula is C18H22N2O6. The van der Waals surface area contributed by atoms with E-state index in [-0.39, 0.29) is 24.0 Å². The Bertz CT molecular complexity index is 796. The predicted molar refractivity (Wildman–Crippen MR) is 90.4 cm³/mol. The standard InChI is InChI=1S/C18H22N2O6/c1-17-9-16(26-20(24)25)18(22)12-5-3-11(21)8-10(12)2-4-14(18)13(17)6-7-15(17)19-23/h3,5,8,13-14,16,21-23H,2,4,6-7,9H2,1H3/b19-15-/t13-,14-,16-,17-,18?/m0/s1. The molecule has 2 fully saturated rings. The van der Waals surface area contributed by atoms with Crippen molar-refractivity contribution >= 4 is 5.71 Å². The second kappa shape index (κ2) is 5.57. The molecule has 0 aliphatic heterocycles. The number of rotatable bonds is 2. The van der Waals surface area contributed by atoms with E-state index in [9.17, 15) is 25.5 Å². The van der Waals surface area contributed by atoms with Crippen molar-refractivity contribution in [3.05, 3.63) is 39.4 Å². The van der Waals surface area contributed by atoms with Gasteiger partial charge in [0.15, 0.2) is 0 Å². The fourth-order valence-corrected chi connectivity index (χ4v) is 5.78. The molecule has 0 heterocycles. The third-order valence-corrected chi connectivity index (χ3v) is 6.90. The maximum atomic E-state index is 11.7. The van der Waals surface area contributed by atoms with Crippen molar-refractivity contribution in [2.75, 3.05) is 0 Å². The molecule has 4 rings (SSSR count). The minimum Gasteiger partial charge on any atom is -0.508 e. The summed E-state index contributed by atoms with van der Waals surface area (Å²) in [5, 5.41) is 44.7. The van der Waals surface area contributed by atoms with Crippen molar-refractivity contribution in [2.24, 2.45) is 22.4 Å². The first kappa shape index (κ1) is 17.1. The number of fused-ring (bicyclic) bond motifs is 5. The summed E-state index contributed by atoms with van der Waals surface area (Å²) in [6.45, 7) is 1.95. The minimum atomic E-state index is -1.51. The van der Waals surface area contributed by atoms with Crippen LogP contribution in [-0.2, 0) is 16.9 Å². The number of nitrogens with zero attached hydrogens (tertiary/aromatic N) is 2. The molecule has 0 saturated heterocycles. The lowest BCUT2D eigenvalue weighted by Crippen LogP contribution is -2.61. The summed E-state index contributed by atoms with van der Waals surface area (Å²) in [4.78, 5) is 16.1. The van der Waals surface area contributed by atoms with E-state index in [2.05, 4.69) is 5.16 Å². The first-order valence-corrected chi connectivity index (χ1v) is 8.88. The van der Waals surface area contributed by atoms with E-state index in [1.165, 1.54) is 6.07 Å². The van der Waals surface area contributed by atoms with Crippen LogP contribution in [0.1, 0.15) is 43.7 Å². The number of hydrogen-bond donors (Lipinski definition) is 3. The van der Waals surface area contributed by atoms with Crippen LogP contribution < -0.4 is 0 Å². The average molecular weight is 362 g/mol. The second-order valence-electron chi connectivity index (χ2n) is 7.94. The third-order valence-electron chi connectivity index (χ3n) is 6.90. The molecule has 0 radical (unpaired) electrons. The van der Waals surface area contributed by atoms with Crippen molar-refractivity contribution < 1.29 is 25.3 Å². The zero-order chi connectivity index (χ0) is 18.7.